The molecular weight excluding hydrogens is 486 g/mol. The number of carboxylic acids is 1. The number of oxazole rings is 1. The molecule has 190 valence electrons. The first-order valence-corrected chi connectivity index (χ1v) is 12.5. The number of nitrogens with one attached hydrogen (secondary N) is 2. The van der Waals surface area contributed by atoms with Crippen LogP contribution in [0, 0.1) is 6.92 Å². The molecule has 7 nitrogen and oxygen atoms in total. The van der Waals surface area contributed by atoms with E-state index in [1.54, 1.807) is 0 Å². The number of aryl methyl sites for hydroxylation is 2. The van der Waals surface area contributed by atoms with Crippen molar-refractivity contribution < 1.29 is 19.1 Å². The molecule has 0 aliphatic rings. The number of ether oxygens (including phenoxy) is 1. The smallest absolute Gasteiger partial charge is 0.303 e. The lowest BCUT2D eigenvalue weighted by Gasteiger charge is -2.15. The van der Waals surface area contributed by atoms with Crippen molar-refractivity contribution >= 4 is 29.0 Å². The normalized spacial score (nSPS) is 10.6. The SMILES string of the molecule is Cc1oc(-c2ccccc2)nc1CCOc1ccc(CCC(=O)O)c(CNC(=S)Nc2ccccc2)c1. The zero-order chi connectivity index (χ0) is 26.0. The van der Waals surface area contributed by atoms with E-state index in [0.29, 0.717) is 42.7 Å². The summed E-state index contributed by atoms with van der Waals surface area (Å²) in [7, 11) is 0. The van der Waals surface area contributed by atoms with Crippen molar-refractivity contribution in [3.05, 3.63) is 101 Å². The van der Waals surface area contributed by atoms with E-state index in [0.717, 1.165) is 33.8 Å². The highest BCUT2D eigenvalue weighted by molar-refractivity contribution is 7.80. The fourth-order valence-corrected chi connectivity index (χ4v) is 4.03. The summed E-state index contributed by atoms with van der Waals surface area (Å²) in [4.78, 5) is 15.8. The molecular formula is C29H29N3O4S. The molecule has 0 saturated heterocycles. The average Bonchev–Trinajstić information content (AvgIpc) is 3.28. The van der Waals surface area contributed by atoms with Gasteiger partial charge in [0, 0.05) is 30.6 Å². The highest BCUT2D eigenvalue weighted by Crippen LogP contribution is 2.23. The van der Waals surface area contributed by atoms with Crippen LogP contribution in [0.4, 0.5) is 5.69 Å². The van der Waals surface area contributed by atoms with Gasteiger partial charge in [-0.1, -0.05) is 42.5 Å². The Morgan fingerprint density at radius 2 is 1.73 bits per heavy atom. The number of anilines is 1. The molecule has 3 N–H and O–H groups in total. The van der Waals surface area contributed by atoms with Gasteiger partial charge in [-0.05, 0) is 73.1 Å². The van der Waals surface area contributed by atoms with E-state index in [2.05, 4.69) is 15.6 Å². The van der Waals surface area contributed by atoms with Gasteiger partial charge in [0.15, 0.2) is 5.11 Å². The van der Waals surface area contributed by atoms with Crippen molar-refractivity contribution in [2.75, 3.05) is 11.9 Å². The number of thiocarbonyl (C=S) groups is 1. The lowest BCUT2D eigenvalue weighted by atomic mass is 10.0. The number of carboxylic acid groups (broad SMARTS) is 1. The summed E-state index contributed by atoms with van der Waals surface area (Å²) in [6, 6.07) is 25.2. The Labute approximate surface area is 221 Å². The van der Waals surface area contributed by atoms with Crippen molar-refractivity contribution in [1.29, 1.82) is 0 Å². The average molecular weight is 516 g/mol. The quantitative estimate of drug-likeness (QED) is 0.217. The summed E-state index contributed by atoms with van der Waals surface area (Å²) in [5.74, 6) is 1.24. The Balaban J connectivity index is 1.38. The number of hydrogen-bond acceptors (Lipinski definition) is 5. The van der Waals surface area contributed by atoms with Crippen LogP contribution in [0.1, 0.15) is 29.0 Å². The van der Waals surface area contributed by atoms with Crippen LogP contribution in [0.2, 0.25) is 0 Å². The number of aliphatic carboxylic acids is 1. The predicted octanol–water partition coefficient (Wildman–Crippen LogP) is 5.78. The molecule has 0 saturated carbocycles. The molecule has 3 aromatic carbocycles. The zero-order valence-electron chi connectivity index (χ0n) is 20.6. The van der Waals surface area contributed by atoms with Crippen LogP contribution in [0.3, 0.4) is 0 Å². The van der Waals surface area contributed by atoms with Gasteiger partial charge in [-0.25, -0.2) is 4.98 Å². The third-order valence-electron chi connectivity index (χ3n) is 5.78. The van der Waals surface area contributed by atoms with Gasteiger partial charge < -0.3 is 24.9 Å². The van der Waals surface area contributed by atoms with Crippen molar-refractivity contribution in [3.63, 3.8) is 0 Å². The monoisotopic (exact) mass is 515 g/mol. The maximum atomic E-state index is 11.1. The minimum Gasteiger partial charge on any atom is -0.493 e. The number of aromatic nitrogens is 1. The molecule has 4 rings (SSSR count). The highest BCUT2D eigenvalue weighted by atomic mass is 32.1. The van der Waals surface area contributed by atoms with Gasteiger partial charge in [0.05, 0.1) is 12.3 Å². The van der Waals surface area contributed by atoms with E-state index in [1.165, 1.54) is 0 Å². The topological polar surface area (TPSA) is 96.6 Å². The van der Waals surface area contributed by atoms with Crippen molar-refractivity contribution in [1.82, 2.24) is 10.3 Å². The number of rotatable bonds is 11. The van der Waals surface area contributed by atoms with Crippen LogP contribution in [0.15, 0.2) is 83.3 Å². The van der Waals surface area contributed by atoms with Gasteiger partial charge in [0.2, 0.25) is 5.89 Å². The van der Waals surface area contributed by atoms with Crippen LogP contribution < -0.4 is 15.4 Å². The summed E-state index contributed by atoms with van der Waals surface area (Å²) in [6.45, 7) is 2.77. The Hall–Kier alpha value is -4.17. The van der Waals surface area contributed by atoms with E-state index < -0.39 is 5.97 Å². The second-order valence-electron chi connectivity index (χ2n) is 8.48. The molecule has 4 aromatic rings. The Kier molecular flexibility index (Phi) is 8.89. The van der Waals surface area contributed by atoms with Gasteiger partial charge >= 0.3 is 5.97 Å². The Morgan fingerprint density at radius 3 is 2.46 bits per heavy atom. The molecule has 0 amide bonds. The summed E-state index contributed by atoms with van der Waals surface area (Å²) in [5.41, 5.74) is 4.55. The fourth-order valence-electron chi connectivity index (χ4n) is 3.84. The van der Waals surface area contributed by atoms with Crippen molar-refractivity contribution in [2.45, 2.75) is 32.7 Å². The number of carbonyl (C=O) groups is 1. The number of para-hydroxylation sites is 1. The molecule has 1 aromatic heterocycles. The Morgan fingerprint density at radius 1 is 1.00 bits per heavy atom. The highest BCUT2D eigenvalue weighted by Gasteiger charge is 2.12. The molecule has 1 heterocycles. The van der Waals surface area contributed by atoms with E-state index >= 15 is 0 Å². The molecule has 8 heteroatoms. The molecule has 0 bridgehead atoms. The van der Waals surface area contributed by atoms with Gasteiger partial charge in [-0.15, -0.1) is 0 Å². The molecule has 0 aliphatic heterocycles. The van der Waals surface area contributed by atoms with E-state index in [9.17, 15) is 4.79 Å². The number of nitrogens with zero attached hydrogens (tertiary/aromatic N) is 1. The van der Waals surface area contributed by atoms with E-state index in [-0.39, 0.29) is 6.42 Å². The second kappa shape index (κ2) is 12.7. The van der Waals surface area contributed by atoms with Gasteiger partial charge in [-0.3, -0.25) is 4.79 Å². The van der Waals surface area contributed by atoms with E-state index in [1.807, 2.05) is 85.8 Å². The molecule has 0 unspecified atom stereocenters. The third kappa shape index (κ3) is 7.65. The number of benzene rings is 3. The standard InChI is InChI=1S/C29H29N3O4S/c1-20-26(32-28(36-20)22-8-4-2-5-9-22)16-17-35-25-14-12-21(13-15-27(33)34)23(18-25)19-30-29(37)31-24-10-6-3-7-11-24/h2-12,14,18H,13,15-17,19H2,1H3,(H,33,34)(H2,30,31,37). The first-order chi connectivity index (χ1) is 18.0. The van der Waals surface area contributed by atoms with Crippen molar-refractivity contribution in [2.24, 2.45) is 0 Å². The second-order valence-corrected chi connectivity index (χ2v) is 8.89. The molecule has 0 fully saturated rings. The summed E-state index contributed by atoms with van der Waals surface area (Å²) in [6.07, 6.45) is 1.07. The largest absolute Gasteiger partial charge is 0.493 e. The number of hydrogen-bond donors (Lipinski definition) is 3. The lowest BCUT2D eigenvalue weighted by Crippen LogP contribution is -2.28. The molecule has 0 atom stereocenters. The fraction of sp³-hybridized carbons (Fsp3) is 0.207. The third-order valence-corrected chi connectivity index (χ3v) is 6.02. The first kappa shape index (κ1) is 25.9. The minimum absolute atomic E-state index is 0.0507. The molecule has 37 heavy (non-hydrogen) atoms. The molecule has 0 aliphatic carbocycles. The predicted molar refractivity (Wildman–Crippen MR) is 148 cm³/mol. The van der Waals surface area contributed by atoms with Crippen molar-refractivity contribution in [3.8, 4) is 17.2 Å². The maximum absolute atomic E-state index is 11.1. The lowest BCUT2D eigenvalue weighted by molar-refractivity contribution is -0.136. The maximum Gasteiger partial charge on any atom is 0.303 e. The van der Waals surface area contributed by atoms with Gasteiger partial charge in [-0.2, -0.15) is 0 Å². The summed E-state index contributed by atoms with van der Waals surface area (Å²) >= 11 is 5.43. The molecule has 0 spiro atoms. The zero-order valence-corrected chi connectivity index (χ0v) is 21.4. The molecule has 0 radical (unpaired) electrons. The summed E-state index contributed by atoms with van der Waals surface area (Å²) in [5, 5.41) is 16.0. The van der Waals surface area contributed by atoms with Crippen LogP contribution >= 0.6 is 12.2 Å². The van der Waals surface area contributed by atoms with Crippen LogP contribution in [-0.2, 0) is 24.2 Å². The van der Waals surface area contributed by atoms with Crippen LogP contribution in [0.5, 0.6) is 5.75 Å². The first-order valence-electron chi connectivity index (χ1n) is 12.1. The van der Waals surface area contributed by atoms with Crippen LogP contribution in [0.25, 0.3) is 11.5 Å². The van der Waals surface area contributed by atoms with Crippen LogP contribution in [-0.4, -0.2) is 27.8 Å². The summed E-state index contributed by atoms with van der Waals surface area (Å²) < 4.78 is 11.9. The van der Waals surface area contributed by atoms with Gasteiger partial charge in [0.1, 0.15) is 11.5 Å². The van der Waals surface area contributed by atoms with E-state index in [4.69, 9.17) is 26.5 Å². The Bertz CT molecular complexity index is 1340. The minimum atomic E-state index is -0.835. The van der Waals surface area contributed by atoms with Gasteiger partial charge in [0.25, 0.3) is 0 Å².